The summed E-state index contributed by atoms with van der Waals surface area (Å²) in [7, 11) is 0. The van der Waals surface area contributed by atoms with Gasteiger partial charge in [0.2, 0.25) is 0 Å². The molecule has 1 heterocycles. The highest BCUT2D eigenvalue weighted by molar-refractivity contribution is 5.86. The van der Waals surface area contributed by atoms with Crippen LogP contribution in [0.5, 0.6) is 0 Å². The van der Waals surface area contributed by atoms with Crippen molar-refractivity contribution in [1.29, 1.82) is 0 Å². The average Bonchev–Trinajstić information content (AvgIpc) is 1.96. The van der Waals surface area contributed by atoms with E-state index in [0.29, 0.717) is 13.1 Å². The second-order valence-electron chi connectivity index (χ2n) is 4.66. The van der Waals surface area contributed by atoms with Gasteiger partial charge in [-0.3, -0.25) is 0 Å². The number of carbonyl (C=O) groups is 2. The van der Waals surface area contributed by atoms with Crippen LogP contribution in [0.4, 0.5) is 4.79 Å². The van der Waals surface area contributed by atoms with Crippen LogP contribution >= 0.6 is 0 Å². The van der Waals surface area contributed by atoms with Gasteiger partial charge in [-0.1, -0.05) is 5.92 Å². The SMILES string of the molecule is CC(C)(C)OC(=O)N1CC(C#CC(=O)O)C1. The first-order valence-corrected chi connectivity index (χ1v) is 5.00. The van der Waals surface area contributed by atoms with E-state index in [1.165, 1.54) is 4.90 Å². The Morgan fingerprint density at radius 2 is 1.94 bits per heavy atom. The van der Waals surface area contributed by atoms with Crippen LogP contribution in [0.15, 0.2) is 0 Å². The minimum Gasteiger partial charge on any atom is -0.472 e. The van der Waals surface area contributed by atoms with Crippen molar-refractivity contribution >= 4 is 12.1 Å². The molecule has 1 amide bonds. The Labute approximate surface area is 94.4 Å². The first-order chi connectivity index (χ1) is 7.28. The van der Waals surface area contributed by atoms with Crippen molar-refractivity contribution in [2.75, 3.05) is 13.1 Å². The predicted molar refractivity (Wildman–Crippen MR) is 56.7 cm³/mol. The van der Waals surface area contributed by atoms with Gasteiger partial charge in [0.25, 0.3) is 0 Å². The number of aliphatic carboxylic acids is 1. The van der Waals surface area contributed by atoms with Crippen molar-refractivity contribution < 1.29 is 19.4 Å². The molecule has 5 heteroatoms. The van der Waals surface area contributed by atoms with Crippen LogP contribution < -0.4 is 0 Å². The van der Waals surface area contributed by atoms with Crippen molar-refractivity contribution in [3.63, 3.8) is 0 Å². The lowest BCUT2D eigenvalue weighted by molar-refractivity contribution is -0.130. The maximum absolute atomic E-state index is 11.5. The Kier molecular flexibility index (Phi) is 3.43. The zero-order valence-corrected chi connectivity index (χ0v) is 9.61. The second kappa shape index (κ2) is 4.44. The van der Waals surface area contributed by atoms with E-state index in [-0.39, 0.29) is 12.0 Å². The molecule has 0 unspecified atom stereocenters. The molecule has 1 N–H and O–H groups in total. The topological polar surface area (TPSA) is 66.8 Å². The Balaban J connectivity index is 2.34. The molecule has 0 bridgehead atoms. The fourth-order valence-corrected chi connectivity index (χ4v) is 1.21. The van der Waals surface area contributed by atoms with Gasteiger partial charge in [-0.2, -0.15) is 0 Å². The van der Waals surface area contributed by atoms with E-state index in [0.717, 1.165) is 0 Å². The summed E-state index contributed by atoms with van der Waals surface area (Å²) in [6, 6.07) is 0. The molecule has 16 heavy (non-hydrogen) atoms. The van der Waals surface area contributed by atoms with Gasteiger partial charge < -0.3 is 14.7 Å². The standard InChI is InChI=1S/C11H15NO4/c1-11(2,3)16-10(15)12-6-8(7-12)4-5-9(13)14/h8H,6-7H2,1-3H3,(H,13,14). The van der Waals surface area contributed by atoms with Crippen LogP contribution in [0.25, 0.3) is 0 Å². The first-order valence-electron chi connectivity index (χ1n) is 5.00. The van der Waals surface area contributed by atoms with Gasteiger partial charge in [-0.25, -0.2) is 9.59 Å². The summed E-state index contributed by atoms with van der Waals surface area (Å²) in [5.74, 6) is 3.42. The molecule has 0 aromatic rings. The van der Waals surface area contributed by atoms with Gasteiger partial charge in [0.1, 0.15) is 5.60 Å². The average molecular weight is 225 g/mol. The van der Waals surface area contributed by atoms with Gasteiger partial charge in [-0.05, 0) is 20.8 Å². The monoisotopic (exact) mass is 225 g/mol. The lowest BCUT2D eigenvalue weighted by Gasteiger charge is -2.37. The van der Waals surface area contributed by atoms with Crippen molar-refractivity contribution in [2.45, 2.75) is 26.4 Å². The van der Waals surface area contributed by atoms with Crippen molar-refractivity contribution in [1.82, 2.24) is 4.90 Å². The summed E-state index contributed by atoms with van der Waals surface area (Å²) in [6.07, 6.45) is -0.374. The van der Waals surface area contributed by atoms with Gasteiger partial charge >= 0.3 is 12.1 Å². The van der Waals surface area contributed by atoms with Gasteiger partial charge in [0.05, 0.1) is 5.92 Å². The number of hydrogen-bond acceptors (Lipinski definition) is 3. The van der Waals surface area contributed by atoms with Crippen molar-refractivity contribution in [3.8, 4) is 11.8 Å². The van der Waals surface area contributed by atoms with E-state index >= 15 is 0 Å². The van der Waals surface area contributed by atoms with Crippen molar-refractivity contribution in [2.24, 2.45) is 5.92 Å². The zero-order chi connectivity index (χ0) is 12.3. The number of likely N-dealkylation sites (tertiary alicyclic amines) is 1. The van der Waals surface area contributed by atoms with Crippen molar-refractivity contribution in [3.05, 3.63) is 0 Å². The molecule has 0 spiro atoms. The number of ether oxygens (including phenoxy) is 1. The molecule has 1 aliphatic rings. The van der Waals surface area contributed by atoms with E-state index in [4.69, 9.17) is 9.84 Å². The molecule has 0 saturated carbocycles. The summed E-state index contributed by atoms with van der Waals surface area (Å²) in [5.41, 5.74) is -0.505. The Bertz CT molecular complexity index is 352. The molecule has 0 radical (unpaired) electrons. The number of carbonyl (C=O) groups excluding carboxylic acids is 1. The third kappa shape index (κ3) is 3.81. The molecule has 0 aromatic heterocycles. The maximum Gasteiger partial charge on any atom is 0.410 e. The van der Waals surface area contributed by atoms with Crippen LogP contribution in [0.3, 0.4) is 0 Å². The molecule has 5 nitrogen and oxygen atoms in total. The minimum absolute atomic E-state index is 0.0522. The summed E-state index contributed by atoms with van der Waals surface area (Å²) < 4.78 is 5.14. The lowest BCUT2D eigenvalue weighted by Crippen LogP contribution is -2.51. The maximum atomic E-state index is 11.5. The number of amides is 1. The molecule has 0 aromatic carbocycles. The van der Waals surface area contributed by atoms with Gasteiger partial charge in [-0.15, -0.1) is 0 Å². The smallest absolute Gasteiger partial charge is 0.410 e. The van der Waals surface area contributed by atoms with Crippen LogP contribution in [0, 0.1) is 17.8 Å². The second-order valence-corrected chi connectivity index (χ2v) is 4.66. The Hall–Kier alpha value is -1.70. The van der Waals surface area contributed by atoms with Crippen LogP contribution in [-0.2, 0) is 9.53 Å². The third-order valence-corrected chi connectivity index (χ3v) is 1.92. The number of carboxylic acids is 1. The largest absolute Gasteiger partial charge is 0.472 e. The molecular weight excluding hydrogens is 210 g/mol. The fraction of sp³-hybridized carbons (Fsp3) is 0.636. The Morgan fingerprint density at radius 1 is 1.38 bits per heavy atom. The van der Waals surface area contributed by atoms with Crippen LogP contribution in [0.1, 0.15) is 20.8 Å². The quantitative estimate of drug-likeness (QED) is 0.623. The number of hydrogen-bond donors (Lipinski definition) is 1. The number of nitrogens with zero attached hydrogens (tertiary/aromatic N) is 1. The molecule has 0 aliphatic carbocycles. The highest BCUT2D eigenvalue weighted by Crippen LogP contribution is 2.18. The molecule has 1 aliphatic heterocycles. The summed E-state index contributed by atoms with van der Waals surface area (Å²) in [4.78, 5) is 23.1. The number of carboxylic acid groups (broad SMARTS) is 1. The highest BCUT2D eigenvalue weighted by Gasteiger charge is 2.32. The van der Waals surface area contributed by atoms with Gasteiger partial charge in [0, 0.05) is 19.0 Å². The lowest BCUT2D eigenvalue weighted by atomic mass is 10.0. The molecule has 1 rings (SSSR count). The molecular formula is C11H15NO4. The summed E-state index contributed by atoms with van der Waals surface area (Å²) in [5, 5.41) is 8.33. The molecule has 1 saturated heterocycles. The normalized spacial score (nSPS) is 15.8. The first kappa shape index (κ1) is 12.4. The van der Waals surface area contributed by atoms with Crippen LogP contribution in [0.2, 0.25) is 0 Å². The molecule has 1 fully saturated rings. The molecule has 88 valence electrons. The van der Waals surface area contributed by atoms with E-state index in [9.17, 15) is 9.59 Å². The van der Waals surface area contributed by atoms with Gasteiger partial charge in [0.15, 0.2) is 0 Å². The number of rotatable bonds is 0. The summed E-state index contributed by atoms with van der Waals surface area (Å²) in [6.45, 7) is 6.27. The summed E-state index contributed by atoms with van der Waals surface area (Å²) >= 11 is 0. The Morgan fingerprint density at radius 3 is 2.38 bits per heavy atom. The van der Waals surface area contributed by atoms with E-state index in [1.54, 1.807) is 20.8 Å². The zero-order valence-electron chi connectivity index (χ0n) is 9.61. The third-order valence-electron chi connectivity index (χ3n) is 1.92. The highest BCUT2D eigenvalue weighted by atomic mass is 16.6. The fourth-order valence-electron chi connectivity index (χ4n) is 1.21. The minimum atomic E-state index is -1.14. The predicted octanol–water partition coefficient (Wildman–Crippen LogP) is 0.941. The molecule has 0 atom stereocenters. The van der Waals surface area contributed by atoms with Crippen LogP contribution in [-0.4, -0.2) is 40.8 Å². The van der Waals surface area contributed by atoms with E-state index in [2.05, 4.69) is 5.92 Å². The van der Waals surface area contributed by atoms with E-state index < -0.39 is 11.6 Å². The van der Waals surface area contributed by atoms with E-state index in [1.807, 2.05) is 5.92 Å².